The second-order valence-corrected chi connectivity index (χ2v) is 23.6. The second-order valence-electron chi connectivity index (χ2n) is 15.2. The van der Waals surface area contributed by atoms with Crippen LogP contribution >= 0.6 is 0 Å². The molecule has 21 nitrogen and oxygen atoms in total. The van der Waals surface area contributed by atoms with Crippen LogP contribution in [0.15, 0.2) is 163 Å². The molecule has 0 aliphatic heterocycles. The van der Waals surface area contributed by atoms with E-state index < -0.39 is 124 Å². The minimum absolute atomic E-state index is 0.0180. The van der Waals surface area contributed by atoms with Crippen molar-refractivity contribution in [2.45, 2.75) is 36.3 Å². The summed E-state index contributed by atoms with van der Waals surface area (Å²) in [5, 5.41) is 10.0. The van der Waals surface area contributed by atoms with Gasteiger partial charge in [0.15, 0.2) is 5.78 Å². The Morgan fingerprint density at radius 1 is 0.380 bits per heavy atom. The lowest BCUT2D eigenvalue weighted by Crippen LogP contribution is -2.09. The van der Waals surface area contributed by atoms with E-state index in [1.54, 1.807) is 0 Å². The van der Waals surface area contributed by atoms with Crippen LogP contribution in [-0.2, 0) is 60.7 Å². The summed E-state index contributed by atoms with van der Waals surface area (Å²) >= 11 is 0. The Labute approximate surface area is 404 Å². The van der Waals surface area contributed by atoms with Gasteiger partial charge in [-0.25, -0.2) is 0 Å². The van der Waals surface area contributed by atoms with Gasteiger partial charge in [0.05, 0.1) is 19.6 Å². The predicted octanol–water partition coefficient (Wildman–Crippen LogP) is 6.87. The lowest BCUT2D eigenvalue weighted by molar-refractivity contribution is 0.103. The largest absolute Gasteiger partial charge is 0.506 e. The molecule has 0 unspecified atom stereocenters. The average Bonchev–Trinajstić information content (AvgIpc) is 3.27. The van der Waals surface area contributed by atoms with E-state index in [2.05, 4.69) is 0 Å². The van der Waals surface area contributed by atoms with Crippen molar-refractivity contribution in [3.8, 4) is 61.8 Å². The standard InChI is InChI=1S/C44H32O21S6/c1-24-39(25-2-12-31(13-3-25)66(47,48)49)41(27-6-16-33(17-7-27)68(53,54)55)44(42(28-8-18-34(19-9-28)69(56,57)58)40(24)26-4-14-32(15-5-26)67(50,51)52)65-36-21-11-30(23-38(36)71(62,63)64)43(46)29-10-20-35(45)37(22-29)70(59,60)61/h2-23,45H,1H3,(H,47,48,49)(H,50,51,52)(H,53,54,55)(H,56,57,58)(H,59,60,61)(H,62,63,64). The normalized spacial score (nSPS) is 12.7. The Balaban J connectivity index is 1.66. The molecule has 0 saturated carbocycles. The molecule has 0 amide bonds. The molecule has 27 heteroatoms. The molecule has 0 heterocycles. The van der Waals surface area contributed by atoms with Crippen LogP contribution < -0.4 is 4.74 Å². The maximum Gasteiger partial charge on any atom is 0.298 e. The summed E-state index contributed by atoms with van der Waals surface area (Å²) < 4.78 is 214. The molecule has 7 aromatic rings. The number of carbonyl (C=O) groups excluding carboxylic acids is 1. The molecule has 0 aromatic heterocycles. The van der Waals surface area contributed by atoms with Crippen molar-refractivity contribution in [1.29, 1.82) is 0 Å². The quantitative estimate of drug-likeness (QED) is 0.0431. The van der Waals surface area contributed by atoms with Crippen molar-refractivity contribution in [2.75, 3.05) is 0 Å². The summed E-state index contributed by atoms with van der Waals surface area (Å²) in [5.74, 6) is -3.33. The molecular weight excluding hydrogens is 1060 g/mol. The summed E-state index contributed by atoms with van der Waals surface area (Å²) in [6.07, 6.45) is 0. The summed E-state index contributed by atoms with van der Waals surface area (Å²) in [4.78, 5) is 9.13. The van der Waals surface area contributed by atoms with Crippen molar-refractivity contribution in [1.82, 2.24) is 0 Å². The number of hydrogen-bond acceptors (Lipinski definition) is 15. The van der Waals surface area contributed by atoms with Crippen LogP contribution in [0.2, 0.25) is 0 Å². The number of ether oxygens (including phenoxy) is 1. The molecular formula is C44H32O21S6. The monoisotopic (exact) mass is 1090 g/mol. The first kappa shape index (κ1) is 52.1. The topological polar surface area (TPSA) is 373 Å². The van der Waals surface area contributed by atoms with Crippen LogP contribution in [0, 0.1) is 6.92 Å². The molecule has 0 radical (unpaired) electrons. The molecule has 0 aliphatic rings. The third kappa shape index (κ3) is 11.0. The molecule has 0 atom stereocenters. The van der Waals surface area contributed by atoms with E-state index in [1.165, 1.54) is 31.2 Å². The first-order chi connectivity index (χ1) is 32.7. The van der Waals surface area contributed by atoms with Crippen LogP contribution in [0.1, 0.15) is 21.5 Å². The van der Waals surface area contributed by atoms with Crippen LogP contribution in [0.4, 0.5) is 0 Å². The zero-order valence-electron chi connectivity index (χ0n) is 35.5. The Kier molecular flexibility index (Phi) is 13.5. The van der Waals surface area contributed by atoms with Crippen molar-refractivity contribution in [2.24, 2.45) is 0 Å². The van der Waals surface area contributed by atoms with Gasteiger partial charge in [-0.05, 0) is 131 Å². The number of ketones is 1. The van der Waals surface area contributed by atoms with Gasteiger partial charge in [-0.2, -0.15) is 50.5 Å². The van der Waals surface area contributed by atoms with E-state index in [0.717, 1.165) is 97.1 Å². The smallest absolute Gasteiger partial charge is 0.298 e. The fourth-order valence-electron chi connectivity index (χ4n) is 7.47. The molecule has 0 fully saturated rings. The van der Waals surface area contributed by atoms with E-state index in [4.69, 9.17) is 4.74 Å². The number of carbonyl (C=O) groups is 1. The Hall–Kier alpha value is -6.73. The van der Waals surface area contributed by atoms with E-state index in [9.17, 15) is 87.7 Å². The number of benzene rings is 7. The highest BCUT2D eigenvalue weighted by atomic mass is 32.2. The van der Waals surface area contributed by atoms with Gasteiger partial charge in [0.25, 0.3) is 60.7 Å². The minimum Gasteiger partial charge on any atom is -0.506 e. The van der Waals surface area contributed by atoms with Gasteiger partial charge in [-0.1, -0.05) is 48.5 Å². The molecule has 370 valence electrons. The van der Waals surface area contributed by atoms with Gasteiger partial charge in [0.2, 0.25) is 0 Å². The zero-order chi connectivity index (χ0) is 52.4. The average molecular weight is 1090 g/mol. The minimum atomic E-state index is -5.50. The Morgan fingerprint density at radius 2 is 0.676 bits per heavy atom. The number of phenols is 1. The molecule has 0 spiro atoms. The van der Waals surface area contributed by atoms with E-state index in [0.29, 0.717) is 12.1 Å². The molecule has 71 heavy (non-hydrogen) atoms. The Bertz CT molecular complexity index is 3870. The van der Waals surface area contributed by atoms with Crippen LogP contribution in [0.25, 0.3) is 44.5 Å². The predicted molar refractivity (Wildman–Crippen MR) is 250 cm³/mol. The van der Waals surface area contributed by atoms with Crippen molar-refractivity contribution >= 4 is 66.5 Å². The highest BCUT2D eigenvalue weighted by molar-refractivity contribution is 7.87. The third-order valence-electron chi connectivity index (χ3n) is 10.7. The highest BCUT2D eigenvalue weighted by Gasteiger charge is 2.31. The molecule has 7 N–H and O–H groups in total. The Morgan fingerprint density at radius 3 is 0.986 bits per heavy atom. The zero-order valence-corrected chi connectivity index (χ0v) is 40.4. The molecule has 7 rings (SSSR count). The molecule has 0 saturated heterocycles. The van der Waals surface area contributed by atoms with Gasteiger partial charge in [-0.3, -0.25) is 32.1 Å². The lowest BCUT2D eigenvalue weighted by atomic mass is 9.80. The van der Waals surface area contributed by atoms with E-state index in [-0.39, 0.29) is 50.1 Å². The molecule has 0 bridgehead atoms. The number of aromatic hydroxyl groups is 1. The fraction of sp³-hybridized carbons (Fsp3) is 0.0227. The van der Waals surface area contributed by atoms with Crippen LogP contribution in [0.3, 0.4) is 0 Å². The summed E-state index contributed by atoms with van der Waals surface area (Å²) in [5.41, 5.74) is -0.949. The van der Waals surface area contributed by atoms with Gasteiger partial charge in [0, 0.05) is 22.3 Å². The second kappa shape index (κ2) is 18.5. The maximum atomic E-state index is 13.8. The van der Waals surface area contributed by atoms with Gasteiger partial charge < -0.3 is 9.84 Å². The molecule has 7 aromatic carbocycles. The van der Waals surface area contributed by atoms with Gasteiger partial charge in [0.1, 0.15) is 27.0 Å². The number of phenolic OH excluding ortho intramolecular Hbond substituents is 1. The third-order valence-corrected chi connectivity index (χ3v) is 15.9. The van der Waals surface area contributed by atoms with E-state index in [1.807, 2.05) is 0 Å². The van der Waals surface area contributed by atoms with Crippen LogP contribution in [-0.4, -0.2) is 88.7 Å². The van der Waals surface area contributed by atoms with Crippen molar-refractivity contribution < 1.29 is 92.5 Å². The SMILES string of the molecule is Cc1c(-c2ccc(S(=O)(=O)O)cc2)c(-c2ccc(S(=O)(=O)O)cc2)c(Oc2ccc(C(=O)c3ccc(O)c(S(=O)(=O)O)c3)cc2S(=O)(=O)O)c(-c2ccc(S(=O)(=O)O)cc2)c1-c1ccc(S(=O)(=O)O)cc1. The summed E-state index contributed by atoms with van der Waals surface area (Å²) in [6.45, 7) is 1.49. The van der Waals surface area contributed by atoms with Crippen molar-refractivity contribution in [3.63, 3.8) is 0 Å². The summed E-state index contributed by atoms with van der Waals surface area (Å²) in [6, 6.07) is 22.1. The first-order valence-corrected chi connectivity index (χ1v) is 28.1. The van der Waals surface area contributed by atoms with E-state index >= 15 is 0 Å². The van der Waals surface area contributed by atoms with Gasteiger partial charge in [-0.15, -0.1) is 0 Å². The summed E-state index contributed by atoms with van der Waals surface area (Å²) in [7, 11) is -29.9. The fourth-order valence-corrected chi connectivity index (χ4v) is 10.6. The van der Waals surface area contributed by atoms with Crippen LogP contribution in [0.5, 0.6) is 17.2 Å². The first-order valence-electron chi connectivity index (χ1n) is 19.4. The van der Waals surface area contributed by atoms with Gasteiger partial charge >= 0.3 is 0 Å². The lowest BCUT2D eigenvalue weighted by Gasteiger charge is -2.27. The highest BCUT2D eigenvalue weighted by Crippen LogP contribution is 2.54. The number of rotatable bonds is 14. The maximum absolute atomic E-state index is 13.8. The van der Waals surface area contributed by atoms with Crippen molar-refractivity contribution in [3.05, 3.63) is 150 Å². The number of hydrogen-bond donors (Lipinski definition) is 7. The molecule has 0 aliphatic carbocycles.